The Morgan fingerprint density at radius 3 is 2.60 bits per heavy atom. The van der Waals surface area contributed by atoms with Crippen LogP contribution in [0.1, 0.15) is 44.9 Å². The molecule has 1 aliphatic heterocycles. The summed E-state index contributed by atoms with van der Waals surface area (Å²) >= 11 is 1.49. The second-order valence-electron chi connectivity index (χ2n) is 7.01. The Balaban J connectivity index is 1.49. The van der Waals surface area contributed by atoms with E-state index in [4.69, 9.17) is 0 Å². The highest BCUT2D eigenvalue weighted by atomic mass is 32.1. The normalized spacial score (nSPS) is 16.5. The van der Waals surface area contributed by atoms with Crippen LogP contribution in [-0.2, 0) is 17.8 Å². The third-order valence-corrected chi connectivity index (χ3v) is 5.66. The zero-order valence-corrected chi connectivity index (χ0v) is 15.3. The van der Waals surface area contributed by atoms with Crippen molar-refractivity contribution >= 4 is 28.3 Å². The molecular weight excluding hydrogens is 334 g/mol. The Morgan fingerprint density at radius 1 is 1.20 bits per heavy atom. The number of thiazole rings is 1. The van der Waals surface area contributed by atoms with Gasteiger partial charge in [-0.2, -0.15) is 0 Å². The number of aromatic nitrogens is 1. The van der Waals surface area contributed by atoms with Gasteiger partial charge in [0.1, 0.15) is 0 Å². The van der Waals surface area contributed by atoms with Crippen molar-refractivity contribution in [2.45, 2.75) is 39.7 Å². The molecule has 0 saturated heterocycles. The number of nitrogens with zero attached hydrogens (tertiary/aromatic N) is 2. The molecule has 1 aromatic carbocycles. The van der Waals surface area contributed by atoms with Crippen molar-refractivity contribution < 1.29 is 9.59 Å². The van der Waals surface area contributed by atoms with E-state index in [1.165, 1.54) is 11.3 Å². The third kappa shape index (κ3) is 3.44. The van der Waals surface area contributed by atoms with Gasteiger partial charge in [0.15, 0.2) is 5.13 Å². The van der Waals surface area contributed by atoms with E-state index in [9.17, 15) is 9.59 Å². The van der Waals surface area contributed by atoms with Crippen molar-refractivity contribution in [2.24, 2.45) is 5.92 Å². The van der Waals surface area contributed by atoms with Gasteiger partial charge in [-0.15, -0.1) is 0 Å². The van der Waals surface area contributed by atoms with E-state index in [1.807, 2.05) is 30.9 Å². The summed E-state index contributed by atoms with van der Waals surface area (Å²) < 4.78 is 0. The predicted octanol–water partition coefficient (Wildman–Crippen LogP) is 3.31. The molecule has 4 rings (SSSR count). The average molecular weight is 355 g/mol. The monoisotopic (exact) mass is 355 g/mol. The lowest BCUT2D eigenvalue weighted by atomic mass is 10.1. The van der Waals surface area contributed by atoms with Crippen LogP contribution in [0.4, 0.5) is 5.13 Å². The number of fused-ring (bicyclic) bond motifs is 1. The summed E-state index contributed by atoms with van der Waals surface area (Å²) in [6.45, 7) is 5.25. The fourth-order valence-electron chi connectivity index (χ4n) is 3.26. The molecule has 2 aliphatic rings. The first kappa shape index (κ1) is 16.3. The maximum absolute atomic E-state index is 12.8. The summed E-state index contributed by atoms with van der Waals surface area (Å²) in [4.78, 5) is 32.2. The Hall–Kier alpha value is -2.21. The Morgan fingerprint density at radius 2 is 1.92 bits per heavy atom. The van der Waals surface area contributed by atoms with Gasteiger partial charge in [0.05, 0.1) is 12.2 Å². The lowest BCUT2D eigenvalue weighted by Gasteiger charge is -2.26. The SMILES string of the molecule is Cc1cc(C)cc(C(=O)N2CCc3nc(NC(=O)C4CC4)sc3C2)c1. The summed E-state index contributed by atoms with van der Waals surface area (Å²) in [5, 5.41) is 3.59. The standard InChI is InChI=1S/C19H21N3O2S/c1-11-7-12(2)9-14(8-11)18(24)22-6-5-15-16(10-22)25-19(20-15)21-17(23)13-3-4-13/h7-9,13H,3-6,10H2,1-2H3,(H,20,21,23). The molecule has 1 aliphatic carbocycles. The maximum Gasteiger partial charge on any atom is 0.254 e. The smallest absolute Gasteiger partial charge is 0.254 e. The quantitative estimate of drug-likeness (QED) is 0.919. The minimum atomic E-state index is 0.0643. The van der Waals surface area contributed by atoms with Gasteiger partial charge in [-0.3, -0.25) is 9.59 Å². The first-order chi connectivity index (χ1) is 12.0. The van der Waals surface area contributed by atoms with E-state index in [-0.39, 0.29) is 17.7 Å². The maximum atomic E-state index is 12.8. The lowest BCUT2D eigenvalue weighted by Crippen LogP contribution is -2.35. The van der Waals surface area contributed by atoms with Crippen molar-refractivity contribution in [3.8, 4) is 0 Å². The number of carbonyl (C=O) groups excluding carboxylic acids is 2. The molecule has 5 nitrogen and oxygen atoms in total. The van der Waals surface area contributed by atoms with Crippen LogP contribution >= 0.6 is 11.3 Å². The van der Waals surface area contributed by atoms with E-state index >= 15 is 0 Å². The van der Waals surface area contributed by atoms with E-state index in [2.05, 4.69) is 16.4 Å². The molecule has 0 spiro atoms. The largest absolute Gasteiger partial charge is 0.333 e. The molecular formula is C19H21N3O2S. The zero-order valence-electron chi connectivity index (χ0n) is 14.5. The molecule has 0 atom stereocenters. The average Bonchev–Trinajstić information content (AvgIpc) is 3.33. The molecule has 130 valence electrons. The minimum absolute atomic E-state index is 0.0643. The number of benzene rings is 1. The van der Waals surface area contributed by atoms with Gasteiger partial charge in [0.25, 0.3) is 5.91 Å². The summed E-state index contributed by atoms with van der Waals surface area (Å²) in [5.74, 6) is 0.312. The van der Waals surface area contributed by atoms with Crippen molar-refractivity contribution in [3.63, 3.8) is 0 Å². The Labute approximate surface area is 151 Å². The molecule has 2 aromatic rings. The van der Waals surface area contributed by atoms with Crippen LogP contribution in [0.2, 0.25) is 0 Å². The number of anilines is 1. The van der Waals surface area contributed by atoms with Crippen LogP contribution in [0, 0.1) is 19.8 Å². The Kier molecular flexibility index (Phi) is 4.07. The number of aryl methyl sites for hydroxylation is 2. The fraction of sp³-hybridized carbons (Fsp3) is 0.421. The predicted molar refractivity (Wildman–Crippen MR) is 97.8 cm³/mol. The highest BCUT2D eigenvalue weighted by Gasteiger charge is 2.31. The fourth-order valence-corrected chi connectivity index (χ4v) is 4.28. The number of rotatable bonds is 3. The number of hydrogen-bond donors (Lipinski definition) is 1. The van der Waals surface area contributed by atoms with Gasteiger partial charge in [0, 0.05) is 29.3 Å². The first-order valence-electron chi connectivity index (χ1n) is 8.66. The van der Waals surface area contributed by atoms with Crippen LogP contribution in [-0.4, -0.2) is 28.2 Å². The van der Waals surface area contributed by atoms with E-state index in [1.54, 1.807) is 0 Å². The molecule has 1 saturated carbocycles. The van der Waals surface area contributed by atoms with Crippen molar-refractivity contribution in [3.05, 3.63) is 45.5 Å². The highest BCUT2D eigenvalue weighted by molar-refractivity contribution is 7.15. The van der Waals surface area contributed by atoms with Crippen molar-refractivity contribution in [1.29, 1.82) is 0 Å². The molecule has 0 bridgehead atoms. The topological polar surface area (TPSA) is 62.3 Å². The molecule has 0 unspecified atom stereocenters. The van der Waals surface area contributed by atoms with E-state index < -0.39 is 0 Å². The third-order valence-electron chi connectivity index (χ3n) is 4.67. The molecule has 1 N–H and O–H groups in total. The molecule has 6 heteroatoms. The number of carbonyl (C=O) groups is 2. The summed E-state index contributed by atoms with van der Waals surface area (Å²) in [7, 11) is 0. The van der Waals surface area contributed by atoms with Gasteiger partial charge in [-0.25, -0.2) is 4.98 Å². The van der Waals surface area contributed by atoms with Gasteiger partial charge in [0.2, 0.25) is 5.91 Å². The van der Waals surface area contributed by atoms with Gasteiger partial charge >= 0.3 is 0 Å². The summed E-state index contributed by atoms with van der Waals surface area (Å²) in [5.41, 5.74) is 3.96. The van der Waals surface area contributed by atoms with Crippen molar-refractivity contribution in [2.75, 3.05) is 11.9 Å². The highest BCUT2D eigenvalue weighted by Crippen LogP contribution is 2.33. The Bertz CT molecular complexity index is 834. The lowest BCUT2D eigenvalue weighted by molar-refractivity contribution is -0.117. The van der Waals surface area contributed by atoms with Crippen LogP contribution in [0.15, 0.2) is 18.2 Å². The van der Waals surface area contributed by atoms with Gasteiger partial charge < -0.3 is 10.2 Å². The van der Waals surface area contributed by atoms with Gasteiger partial charge in [-0.1, -0.05) is 28.5 Å². The zero-order chi connectivity index (χ0) is 17.6. The molecule has 25 heavy (non-hydrogen) atoms. The summed E-state index contributed by atoms with van der Waals surface area (Å²) in [6, 6.07) is 5.96. The van der Waals surface area contributed by atoms with Crippen LogP contribution in [0.25, 0.3) is 0 Å². The number of nitrogens with one attached hydrogen (secondary N) is 1. The van der Waals surface area contributed by atoms with E-state index in [0.29, 0.717) is 18.2 Å². The van der Waals surface area contributed by atoms with Crippen LogP contribution in [0.3, 0.4) is 0 Å². The van der Waals surface area contributed by atoms with Crippen molar-refractivity contribution in [1.82, 2.24) is 9.88 Å². The molecule has 2 heterocycles. The number of amides is 2. The second kappa shape index (κ2) is 6.26. The second-order valence-corrected chi connectivity index (χ2v) is 8.09. The van der Waals surface area contributed by atoms with Gasteiger partial charge in [-0.05, 0) is 38.8 Å². The molecule has 1 fully saturated rings. The van der Waals surface area contributed by atoms with Crippen LogP contribution in [0.5, 0.6) is 0 Å². The van der Waals surface area contributed by atoms with E-state index in [0.717, 1.165) is 46.5 Å². The first-order valence-corrected chi connectivity index (χ1v) is 9.48. The molecule has 1 aromatic heterocycles. The molecule has 2 amide bonds. The number of hydrogen-bond acceptors (Lipinski definition) is 4. The van der Waals surface area contributed by atoms with Crippen LogP contribution < -0.4 is 5.32 Å². The molecule has 0 radical (unpaired) electrons. The minimum Gasteiger partial charge on any atom is -0.333 e. The summed E-state index contributed by atoms with van der Waals surface area (Å²) in [6.07, 6.45) is 2.70.